The second-order valence-electron chi connectivity index (χ2n) is 20.3. The van der Waals surface area contributed by atoms with Crippen molar-refractivity contribution >= 4 is 93.3 Å². The van der Waals surface area contributed by atoms with Gasteiger partial charge in [0.1, 0.15) is 12.1 Å². The summed E-state index contributed by atoms with van der Waals surface area (Å²) < 4.78 is 6.79. The van der Waals surface area contributed by atoms with Crippen molar-refractivity contribution in [2.24, 2.45) is 0 Å². The number of nitrogens with zero attached hydrogens (tertiary/aromatic N) is 6. The summed E-state index contributed by atoms with van der Waals surface area (Å²) in [6.45, 7) is 4.61. The minimum Gasteiger partial charge on any atom is -0.310 e. The van der Waals surface area contributed by atoms with Crippen LogP contribution in [0.25, 0.3) is 104 Å². The smallest absolute Gasteiger partial charge is 0.101 e. The first-order chi connectivity index (χ1) is 36.9. The summed E-state index contributed by atoms with van der Waals surface area (Å²) in [4.78, 5) is 2.28. The van der Waals surface area contributed by atoms with E-state index in [2.05, 4.69) is 251 Å². The lowest BCUT2D eigenvalue weighted by Crippen LogP contribution is -2.15. The molecule has 0 bridgehead atoms. The largest absolute Gasteiger partial charge is 0.310 e. The minimum atomic E-state index is -0.269. The SMILES string of the molecule is CC1(C)c2ccccc2-c2cc3c4cc(-n5c6ccccc6c6ccccc65)ccc4n(-c4cc(C#N)c(-n5c6ccc(N(c7ccccc7)c7ccccc7)cc6c6c7ccccc7ccc65)cc4C#N)c3cc21. The van der Waals surface area contributed by atoms with E-state index >= 15 is 0 Å². The minimum absolute atomic E-state index is 0.269. The van der Waals surface area contributed by atoms with Crippen molar-refractivity contribution in [3.63, 3.8) is 0 Å². The summed E-state index contributed by atoms with van der Waals surface area (Å²) in [5.74, 6) is 0. The molecule has 0 amide bonds. The third-order valence-electron chi connectivity index (χ3n) is 16.1. The Bertz CT molecular complexity index is 4730. The number of rotatable bonds is 6. The highest BCUT2D eigenvalue weighted by Crippen LogP contribution is 2.52. The Morgan fingerprint density at radius 3 is 1.57 bits per heavy atom. The molecule has 0 radical (unpaired) electrons. The van der Waals surface area contributed by atoms with Crippen LogP contribution < -0.4 is 4.90 Å². The van der Waals surface area contributed by atoms with Crippen molar-refractivity contribution < 1.29 is 0 Å². The third kappa shape index (κ3) is 6.06. The fourth-order valence-electron chi connectivity index (χ4n) is 12.7. The van der Waals surface area contributed by atoms with Crippen LogP contribution in [0, 0.1) is 22.7 Å². The summed E-state index contributed by atoms with van der Waals surface area (Å²) in [6, 6.07) is 86.9. The summed E-state index contributed by atoms with van der Waals surface area (Å²) in [5.41, 5.74) is 17.2. The van der Waals surface area contributed by atoms with Gasteiger partial charge in [0.25, 0.3) is 0 Å². The van der Waals surface area contributed by atoms with Gasteiger partial charge < -0.3 is 18.6 Å². The molecule has 0 N–H and O–H groups in total. The van der Waals surface area contributed by atoms with E-state index in [1.807, 2.05) is 24.3 Å². The fraction of sp³-hybridized carbons (Fsp3) is 0.0435. The van der Waals surface area contributed by atoms with Gasteiger partial charge in [-0.25, -0.2) is 0 Å². The zero-order valence-corrected chi connectivity index (χ0v) is 41.1. The van der Waals surface area contributed by atoms with Gasteiger partial charge in [-0.2, -0.15) is 10.5 Å². The number of benzene rings is 11. The van der Waals surface area contributed by atoms with Crippen LogP contribution in [0.15, 0.2) is 231 Å². The molecule has 0 atom stereocenters. The number of hydrogen-bond donors (Lipinski definition) is 0. The molecule has 3 aromatic heterocycles. The Balaban J connectivity index is 0.990. The molecule has 11 aromatic carbocycles. The molecular weight excluding hydrogens is 913 g/mol. The van der Waals surface area contributed by atoms with Crippen molar-refractivity contribution in [3.05, 3.63) is 253 Å². The quantitative estimate of drug-likeness (QED) is 0.167. The van der Waals surface area contributed by atoms with E-state index in [9.17, 15) is 10.5 Å². The van der Waals surface area contributed by atoms with Crippen molar-refractivity contribution in [3.8, 4) is 40.3 Å². The van der Waals surface area contributed by atoms with Gasteiger partial charge in [0.2, 0.25) is 0 Å². The maximum Gasteiger partial charge on any atom is 0.101 e. The van der Waals surface area contributed by atoms with E-state index in [1.54, 1.807) is 0 Å². The standard InChI is InChI=1S/C69H44N6/c1-69(2)58-26-14-11-23-51(58)54-39-56-55-37-49(73-60-27-15-12-24-52(60)53-25-13-16-28-61(53)73)31-33-62(55)75(67(56)40-59(54)69)66-36-44(41-70)65(35-45(66)42-71)74-63-34-30-48(72(46-18-5-3-6-19-46)47-20-7-4-8-21-47)38-57(63)68-50-22-10-9-17-43(50)29-32-64(68)74/h3-40H,1-2H3. The fourth-order valence-corrected chi connectivity index (χ4v) is 12.7. The Kier molecular flexibility index (Phi) is 9.03. The van der Waals surface area contributed by atoms with Crippen LogP contribution in [0.3, 0.4) is 0 Å². The molecule has 6 nitrogen and oxygen atoms in total. The molecule has 1 aliphatic carbocycles. The number of fused-ring (bicyclic) bond motifs is 14. The zero-order chi connectivity index (χ0) is 50.1. The lowest BCUT2D eigenvalue weighted by molar-refractivity contribution is 0.661. The maximum absolute atomic E-state index is 11.5. The highest BCUT2D eigenvalue weighted by molar-refractivity contribution is 6.22. The van der Waals surface area contributed by atoms with Crippen molar-refractivity contribution in [2.45, 2.75) is 19.3 Å². The van der Waals surface area contributed by atoms with Crippen molar-refractivity contribution in [1.29, 1.82) is 10.5 Å². The Hall–Kier alpha value is -10.1. The van der Waals surface area contributed by atoms with E-state index < -0.39 is 0 Å². The number of aromatic nitrogens is 3. The normalized spacial score (nSPS) is 12.7. The van der Waals surface area contributed by atoms with Gasteiger partial charge in [0.15, 0.2) is 0 Å². The molecule has 6 heteroatoms. The lowest BCUT2D eigenvalue weighted by Gasteiger charge is -2.25. The predicted molar refractivity (Wildman–Crippen MR) is 309 cm³/mol. The topological polar surface area (TPSA) is 65.6 Å². The van der Waals surface area contributed by atoms with Crippen LogP contribution in [-0.4, -0.2) is 13.7 Å². The maximum atomic E-state index is 11.5. The molecule has 75 heavy (non-hydrogen) atoms. The second kappa shape index (κ2) is 15.9. The van der Waals surface area contributed by atoms with Gasteiger partial charge in [0.05, 0.1) is 55.6 Å². The highest BCUT2D eigenvalue weighted by atomic mass is 15.1. The molecular formula is C69H44N6. The molecule has 0 spiro atoms. The van der Waals surface area contributed by atoms with Gasteiger partial charge in [-0.05, 0) is 136 Å². The van der Waals surface area contributed by atoms with Crippen molar-refractivity contribution in [1.82, 2.24) is 13.7 Å². The summed E-state index contributed by atoms with van der Waals surface area (Å²) in [7, 11) is 0. The van der Waals surface area contributed by atoms with Gasteiger partial charge in [-0.15, -0.1) is 0 Å². The molecule has 0 unspecified atom stereocenters. The summed E-state index contributed by atoms with van der Waals surface area (Å²) in [6.07, 6.45) is 0. The number of hydrogen-bond acceptors (Lipinski definition) is 3. The van der Waals surface area contributed by atoms with E-state index in [-0.39, 0.29) is 5.41 Å². The average molecular weight is 957 g/mol. The van der Waals surface area contributed by atoms with Crippen LogP contribution in [0.2, 0.25) is 0 Å². The molecule has 0 fully saturated rings. The Morgan fingerprint density at radius 1 is 0.360 bits per heavy atom. The van der Waals surface area contributed by atoms with Crippen LogP contribution in [-0.2, 0) is 5.41 Å². The molecule has 14 aromatic rings. The first-order valence-corrected chi connectivity index (χ1v) is 25.5. The average Bonchev–Trinajstić information content (AvgIpc) is 4.17. The van der Waals surface area contributed by atoms with E-state index in [4.69, 9.17) is 0 Å². The highest BCUT2D eigenvalue weighted by Gasteiger charge is 2.36. The Morgan fingerprint density at radius 2 is 0.893 bits per heavy atom. The zero-order valence-electron chi connectivity index (χ0n) is 41.1. The molecule has 1 aliphatic rings. The van der Waals surface area contributed by atoms with Crippen molar-refractivity contribution in [2.75, 3.05) is 4.90 Å². The van der Waals surface area contributed by atoms with Crippen LogP contribution >= 0.6 is 0 Å². The van der Waals surface area contributed by atoms with Crippen LogP contribution in [0.1, 0.15) is 36.1 Å². The molecule has 0 aliphatic heterocycles. The molecule has 350 valence electrons. The first-order valence-electron chi connectivity index (χ1n) is 25.5. The van der Waals surface area contributed by atoms with E-state index in [1.165, 1.54) is 33.0 Å². The number of anilines is 3. The van der Waals surface area contributed by atoms with E-state index in [0.29, 0.717) is 22.5 Å². The lowest BCUT2D eigenvalue weighted by atomic mass is 9.82. The van der Waals surface area contributed by atoms with Gasteiger partial charge in [0, 0.05) is 60.5 Å². The number of para-hydroxylation sites is 4. The van der Waals surface area contributed by atoms with Gasteiger partial charge >= 0.3 is 0 Å². The Labute approximate surface area is 432 Å². The predicted octanol–water partition coefficient (Wildman–Crippen LogP) is 17.7. The molecule has 0 saturated heterocycles. The summed E-state index contributed by atoms with van der Waals surface area (Å²) in [5, 5.41) is 31.9. The monoisotopic (exact) mass is 956 g/mol. The van der Waals surface area contributed by atoms with Gasteiger partial charge in [-0.1, -0.05) is 141 Å². The second-order valence-corrected chi connectivity index (χ2v) is 20.3. The number of nitriles is 2. The molecule has 0 saturated carbocycles. The third-order valence-corrected chi connectivity index (χ3v) is 16.1. The molecule has 15 rings (SSSR count). The van der Waals surface area contributed by atoms with Crippen LogP contribution in [0.4, 0.5) is 17.1 Å². The summed E-state index contributed by atoms with van der Waals surface area (Å²) >= 11 is 0. The van der Waals surface area contributed by atoms with Gasteiger partial charge in [-0.3, -0.25) is 0 Å². The molecule has 3 heterocycles. The first kappa shape index (κ1) is 42.5. The van der Waals surface area contributed by atoms with Crippen LogP contribution in [0.5, 0.6) is 0 Å². The van der Waals surface area contributed by atoms with E-state index in [0.717, 1.165) is 88.2 Å².